The summed E-state index contributed by atoms with van der Waals surface area (Å²) in [5, 5.41) is 8.78. The molecule has 1 atom stereocenters. The molecule has 1 fully saturated rings. The Labute approximate surface area is 128 Å². The second kappa shape index (κ2) is 7.46. The first-order valence-corrected chi connectivity index (χ1v) is 8.43. The smallest absolute Gasteiger partial charge is 0.0834 e. The quantitative estimate of drug-likeness (QED) is 0.870. The average molecular weight is 298 g/mol. The molecule has 1 aromatic rings. The van der Waals surface area contributed by atoms with Crippen molar-refractivity contribution in [2.45, 2.75) is 70.9 Å². The maximum Gasteiger partial charge on any atom is 0.0834 e. The minimum absolute atomic E-state index is 0.325. The van der Waals surface area contributed by atoms with Gasteiger partial charge >= 0.3 is 0 Å². The summed E-state index contributed by atoms with van der Waals surface area (Å²) in [7, 11) is 2.05. The van der Waals surface area contributed by atoms with Gasteiger partial charge in [0, 0.05) is 6.04 Å². The molecule has 1 aliphatic rings. The van der Waals surface area contributed by atoms with E-state index in [4.69, 9.17) is 11.6 Å². The van der Waals surface area contributed by atoms with Crippen molar-refractivity contribution < 1.29 is 0 Å². The van der Waals surface area contributed by atoms with Gasteiger partial charge in [-0.2, -0.15) is 5.10 Å². The molecular formula is C16H28ClN3. The maximum atomic E-state index is 6.43. The van der Waals surface area contributed by atoms with Gasteiger partial charge in [-0.15, -0.1) is 0 Å². The largest absolute Gasteiger partial charge is 0.311 e. The van der Waals surface area contributed by atoms with E-state index in [2.05, 4.69) is 36.0 Å². The molecule has 1 aromatic heterocycles. The van der Waals surface area contributed by atoms with E-state index >= 15 is 0 Å². The van der Waals surface area contributed by atoms with Gasteiger partial charge < -0.3 is 5.32 Å². The number of aromatic nitrogens is 2. The van der Waals surface area contributed by atoms with Gasteiger partial charge in [0.15, 0.2) is 0 Å². The highest BCUT2D eigenvalue weighted by molar-refractivity contribution is 6.31. The summed E-state index contributed by atoms with van der Waals surface area (Å²) in [6.45, 7) is 4.33. The van der Waals surface area contributed by atoms with Crippen molar-refractivity contribution >= 4 is 11.6 Å². The van der Waals surface area contributed by atoms with Crippen LogP contribution in [-0.2, 0) is 0 Å². The fraction of sp³-hybridized carbons (Fsp3) is 0.812. The molecule has 0 amide bonds. The number of hydrogen-bond donors (Lipinski definition) is 1. The highest BCUT2D eigenvalue weighted by Gasteiger charge is 2.28. The van der Waals surface area contributed by atoms with E-state index in [1.165, 1.54) is 50.6 Å². The van der Waals surface area contributed by atoms with Crippen molar-refractivity contribution in [3.63, 3.8) is 0 Å². The lowest BCUT2D eigenvalue weighted by molar-refractivity contribution is 0.284. The van der Waals surface area contributed by atoms with Gasteiger partial charge in [0.1, 0.15) is 0 Å². The van der Waals surface area contributed by atoms with E-state index in [0.717, 1.165) is 5.02 Å². The summed E-state index contributed by atoms with van der Waals surface area (Å²) in [5.41, 5.74) is 1.18. The van der Waals surface area contributed by atoms with Gasteiger partial charge in [0.2, 0.25) is 0 Å². The summed E-state index contributed by atoms with van der Waals surface area (Å²) in [5.74, 6) is 0.673. The van der Waals surface area contributed by atoms with E-state index in [9.17, 15) is 0 Å². The Morgan fingerprint density at radius 2 is 1.80 bits per heavy atom. The molecule has 114 valence electrons. The van der Waals surface area contributed by atoms with Crippen LogP contribution in [0.4, 0.5) is 0 Å². The van der Waals surface area contributed by atoms with Gasteiger partial charge in [-0.25, -0.2) is 0 Å². The van der Waals surface area contributed by atoms with Gasteiger partial charge in [-0.1, -0.05) is 43.7 Å². The molecule has 0 bridgehead atoms. The third kappa shape index (κ3) is 3.56. The Kier molecular flexibility index (Phi) is 5.91. The molecule has 0 radical (unpaired) electrons. The number of rotatable bonds is 4. The zero-order valence-electron chi connectivity index (χ0n) is 13.0. The van der Waals surface area contributed by atoms with E-state index in [-0.39, 0.29) is 0 Å². The van der Waals surface area contributed by atoms with Crippen LogP contribution >= 0.6 is 11.6 Å². The van der Waals surface area contributed by atoms with Crippen LogP contribution in [-0.4, -0.2) is 16.8 Å². The molecule has 1 saturated carbocycles. The van der Waals surface area contributed by atoms with E-state index in [1.807, 2.05) is 0 Å². The Hall–Kier alpha value is -0.540. The standard InChI is InChI=1S/C16H28ClN3/c1-12(2)20-16(14(17)11-19-20)15(18-3)13-9-7-5-4-6-8-10-13/h11-13,15,18H,4-10H2,1-3H3. The molecule has 0 aliphatic heterocycles. The summed E-state index contributed by atoms with van der Waals surface area (Å²) >= 11 is 6.43. The second-order valence-electron chi connectivity index (χ2n) is 6.29. The Morgan fingerprint density at radius 1 is 1.20 bits per heavy atom. The zero-order valence-corrected chi connectivity index (χ0v) is 13.8. The minimum atomic E-state index is 0.325. The first-order chi connectivity index (χ1) is 9.65. The highest BCUT2D eigenvalue weighted by atomic mass is 35.5. The molecule has 4 heteroatoms. The topological polar surface area (TPSA) is 29.9 Å². The number of nitrogens with zero attached hydrogens (tertiary/aromatic N) is 2. The minimum Gasteiger partial charge on any atom is -0.311 e. The third-order valence-corrected chi connectivity index (χ3v) is 4.79. The monoisotopic (exact) mass is 297 g/mol. The molecule has 3 nitrogen and oxygen atoms in total. The SMILES string of the molecule is CNC(c1c(Cl)cnn1C(C)C)C1CCCCCCC1. The number of nitrogens with one attached hydrogen (secondary N) is 1. The molecule has 1 aliphatic carbocycles. The molecule has 20 heavy (non-hydrogen) atoms. The summed E-state index contributed by atoms with van der Waals surface area (Å²) in [4.78, 5) is 0. The lowest BCUT2D eigenvalue weighted by Crippen LogP contribution is -2.29. The fourth-order valence-corrected chi connectivity index (χ4v) is 3.72. The molecule has 2 rings (SSSR count). The molecule has 0 saturated heterocycles. The van der Waals surface area contributed by atoms with Crippen LogP contribution in [0.15, 0.2) is 6.20 Å². The van der Waals surface area contributed by atoms with Crippen LogP contribution in [0.1, 0.15) is 76.6 Å². The Morgan fingerprint density at radius 3 is 2.35 bits per heavy atom. The number of hydrogen-bond acceptors (Lipinski definition) is 2. The molecule has 1 heterocycles. The highest BCUT2D eigenvalue weighted by Crippen LogP contribution is 2.36. The predicted octanol–water partition coefficient (Wildman–Crippen LogP) is 4.74. The Bertz CT molecular complexity index is 406. The maximum absolute atomic E-state index is 6.43. The van der Waals surface area contributed by atoms with Crippen molar-refractivity contribution in [1.82, 2.24) is 15.1 Å². The van der Waals surface area contributed by atoms with Crippen molar-refractivity contribution in [2.24, 2.45) is 5.92 Å². The summed E-state index contributed by atoms with van der Waals surface area (Å²) < 4.78 is 2.09. The first kappa shape index (κ1) is 15.8. The van der Waals surface area contributed by atoms with Crippen molar-refractivity contribution in [1.29, 1.82) is 0 Å². The van der Waals surface area contributed by atoms with Gasteiger partial charge in [0.25, 0.3) is 0 Å². The molecule has 0 aromatic carbocycles. The lowest BCUT2D eigenvalue weighted by Gasteiger charge is -2.30. The lowest BCUT2D eigenvalue weighted by atomic mass is 9.84. The molecule has 1 N–H and O–H groups in total. The average Bonchev–Trinajstić information content (AvgIpc) is 2.75. The molecule has 0 spiro atoms. The van der Waals surface area contributed by atoms with Crippen LogP contribution < -0.4 is 5.32 Å². The van der Waals surface area contributed by atoms with Crippen LogP contribution in [0.5, 0.6) is 0 Å². The van der Waals surface area contributed by atoms with E-state index in [1.54, 1.807) is 6.20 Å². The Balaban J connectivity index is 2.24. The van der Waals surface area contributed by atoms with E-state index < -0.39 is 0 Å². The van der Waals surface area contributed by atoms with Crippen LogP contribution in [0.25, 0.3) is 0 Å². The predicted molar refractivity (Wildman–Crippen MR) is 85.2 cm³/mol. The molecule has 1 unspecified atom stereocenters. The third-order valence-electron chi connectivity index (χ3n) is 4.50. The van der Waals surface area contributed by atoms with Crippen molar-refractivity contribution in [2.75, 3.05) is 7.05 Å². The van der Waals surface area contributed by atoms with Crippen molar-refractivity contribution in [3.05, 3.63) is 16.9 Å². The van der Waals surface area contributed by atoms with Crippen LogP contribution in [0, 0.1) is 5.92 Å². The number of halogens is 1. The first-order valence-electron chi connectivity index (χ1n) is 8.05. The normalized spacial score (nSPS) is 19.9. The van der Waals surface area contributed by atoms with Crippen LogP contribution in [0.3, 0.4) is 0 Å². The van der Waals surface area contributed by atoms with Gasteiger partial charge in [0.05, 0.1) is 23.0 Å². The zero-order chi connectivity index (χ0) is 14.5. The second-order valence-corrected chi connectivity index (χ2v) is 6.69. The fourth-order valence-electron chi connectivity index (χ4n) is 3.47. The van der Waals surface area contributed by atoms with Crippen LogP contribution in [0.2, 0.25) is 5.02 Å². The molecular weight excluding hydrogens is 270 g/mol. The van der Waals surface area contributed by atoms with E-state index in [0.29, 0.717) is 18.0 Å². The van der Waals surface area contributed by atoms with Gasteiger partial charge in [-0.3, -0.25) is 4.68 Å². The summed E-state index contributed by atoms with van der Waals surface area (Å²) in [6.07, 6.45) is 11.2. The van der Waals surface area contributed by atoms with Crippen molar-refractivity contribution in [3.8, 4) is 0 Å². The summed E-state index contributed by atoms with van der Waals surface area (Å²) in [6, 6.07) is 0.674. The van der Waals surface area contributed by atoms with Gasteiger partial charge in [-0.05, 0) is 39.7 Å².